The lowest BCUT2D eigenvalue weighted by Gasteiger charge is -2.00. The highest BCUT2D eigenvalue weighted by molar-refractivity contribution is 5.81. The molecule has 0 atom stereocenters. The van der Waals surface area contributed by atoms with Gasteiger partial charge < -0.3 is 5.32 Å². The number of carbonyl (C=O) groups excluding carboxylic acids is 2. The highest BCUT2D eigenvalue weighted by atomic mass is 16.2. The monoisotopic (exact) mass is 155 g/mol. The Morgan fingerprint density at radius 3 is 2.55 bits per heavy atom. The predicted octanol–water partition coefficient (Wildman–Crippen LogP) is 0.492. The lowest BCUT2D eigenvalue weighted by molar-refractivity contribution is -0.122. The van der Waals surface area contributed by atoms with Gasteiger partial charge in [0.05, 0.1) is 0 Å². The van der Waals surface area contributed by atoms with Gasteiger partial charge in [0.15, 0.2) is 0 Å². The molecule has 3 heteroatoms. The van der Waals surface area contributed by atoms with Gasteiger partial charge in [-0.3, -0.25) is 9.59 Å². The van der Waals surface area contributed by atoms with Crippen LogP contribution in [-0.4, -0.2) is 18.2 Å². The van der Waals surface area contributed by atoms with E-state index < -0.39 is 0 Å². The van der Waals surface area contributed by atoms with Gasteiger partial charge in [0, 0.05) is 18.9 Å². The van der Waals surface area contributed by atoms with Crippen LogP contribution >= 0.6 is 0 Å². The fraction of sp³-hybridized carbons (Fsp3) is 0.750. The minimum atomic E-state index is 0.117. The number of carbonyl (C=O) groups is 2. The summed E-state index contributed by atoms with van der Waals surface area (Å²) in [6, 6.07) is 0. The average molecular weight is 155 g/mol. The Morgan fingerprint density at radius 1 is 1.45 bits per heavy atom. The molecule has 3 nitrogen and oxygen atoms in total. The Kier molecular flexibility index (Phi) is 2.63. The van der Waals surface area contributed by atoms with Gasteiger partial charge in [0.25, 0.3) is 0 Å². The summed E-state index contributed by atoms with van der Waals surface area (Å²) in [5.41, 5.74) is 0. The van der Waals surface area contributed by atoms with E-state index in [0.29, 0.717) is 13.0 Å². The van der Waals surface area contributed by atoms with Crippen LogP contribution in [0.25, 0.3) is 0 Å². The Balaban J connectivity index is 2.02. The zero-order chi connectivity index (χ0) is 8.27. The molecule has 1 amide bonds. The van der Waals surface area contributed by atoms with Crippen molar-refractivity contribution in [1.29, 1.82) is 0 Å². The van der Waals surface area contributed by atoms with E-state index in [4.69, 9.17) is 0 Å². The Bertz CT molecular complexity index is 173. The predicted molar refractivity (Wildman–Crippen MR) is 41.0 cm³/mol. The summed E-state index contributed by atoms with van der Waals surface area (Å²) in [5, 5.41) is 2.72. The summed E-state index contributed by atoms with van der Waals surface area (Å²) in [5.74, 6) is 0.495. The van der Waals surface area contributed by atoms with Crippen molar-refractivity contribution in [2.75, 3.05) is 6.54 Å². The second-order valence-electron chi connectivity index (χ2n) is 3.02. The van der Waals surface area contributed by atoms with Gasteiger partial charge in [-0.2, -0.15) is 0 Å². The topological polar surface area (TPSA) is 46.2 Å². The molecule has 11 heavy (non-hydrogen) atoms. The van der Waals surface area contributed by atoms with Crippen LogP contribution in [0.5, 0.6) is 0 Å². The van der Waals surface area contributed by atoms with Crippen LogP contribution in [0, 0.1) is 5.92 Å². The van der Waals surface area contributed by atoms with E-state index in [1.165, 1.54) is 6.92 Å². The summed E-state index contributed by atoms with van der Waals surface area (Å²) in [4.78, 5) is 21.4. The first kappa shape index (κ1) is 8.24. The third kappa shape index (κ3) is 3.16. The molecule has 0 aliphatic heterocycles. The molecule has 0 aromatic carbocycles. The maximum Gasteiger partial charge on any atom is 0.223 e. The lowest BCUT2D eigenvalue weighted by Crippen LogP contribution is -2.26. The standard InChI is InChI=1S/C8H13NO2/c1-6(10)4-5-9-8(11)7-2-3-7/h7H,2-5H2,1H3,(H,9,11). The van der Waals surface area contributed by atoms with Gasteiger partial charge in [-0.15, -0.1) is 0 Å². The molecule has 1 aliphatic carbocycles. The quantitative estimate of drug-likeness (QED) is 0.642. The fourth-order valence-corrected chi connectivity index (χ4v) is 0.852. The molecule has 1 rings (SSSR count). The molecule has 1 aliphatic rings. The first-order valence-electron chi connectivity index (χ1n) is 3.97. The number of ketones is 1. The Labute approximate surface area is 66.2 Å². The number of nitrogens with one attached hydrogen (secondary N) is 1. The summed E-state index contributed by atoms with van der Waals surface area (Å²) in [7, 11) is 0. The molecule has 1 fully saturated rings. The van der Waals surface area contributed by atoms with E-state index in [1.54, 1.807) is 0 Å². The van der Waals surface area contributed by atoms with E-state index in [1.807, 2.05) is 0 Å². The molecule has 62 valence electrons. The van der Waals surface area contributed by atoms with Gasteiger partial charge in [0.1, 0.15) is 5.78 Å². The third-order valence-corrected chi connectivity index (χ3v) is 1.72. The van der Waals surface area contributed by atoms with Crippen molar-refractivity contribution in [2.24, 2.45) is 5.92 Å². The number of hydrogen-bond donors (Lipinski definition) is 1. The number of rotatable bonds is 4. The summed E-state index contributed by atoms with van der Waals surface area (Å²) >= 11 is 0. The first-order valence-corrected chi connectivity index (χ1v) is 3.97. The SMILES string of the molecule is CC(=O)CCNC(=O)C1CC1. The molecule has 0 saturated heterocycles. The second-order valence-corrected chi connectivity index (χ2v) is 3.02. The van der Waals surface area contributed by atoms with Crippen LogP contribution in [0.2, 0.25) is 0 Å². The van der Waals surface area contributed by atoms with E-state index in [9.17, 15) is 9.59 Å². The summed E-state index contributed by atoms with van der Waals surface area (Å²) in [6.45, 7) is 2.04. The van der Waals surface area contributed by atoms with Gasteiger partial charge in [-0.25, -0.2) is 0 Å². The highest BCUT2D eigenvalue weighted by Gasteiger charge is 2.28. The Hall–Kier alpha value is -0.860. The van der Waals surface area contributed by atoms with Crippen LogP contribution in [0.4, 0.5) is 0 Å². The second kappa shape index (κ2) is 3.51. The van der Waals surface area contributed by atoms with Crippen molar-refractivity contribution in [2.45, 2.75) is 26.2 Å². The van der Waals surface area contributed by atoms with Gasteiger partial charge in [-0.05, 0) is 19.8 Å². The smallest absolute Gasteiger partial charge is 0.223 e. The molecular formula is C8H13NO2. The number of amides is 1. The van der Waals surface area contributed by atoms with E-state index in [2.05, 4.69) is 5.32 Å². The molecule has 0 unspecified atom stereocenters. The van der Waals surface area contributed by atoms with Crippen LogP contribution in [0.3, 0.4) is 0 Å². The molecule has 1 N–H and O–H groups in total. The zero-order valence-corrected chi connectivity index (χ0v) is 6.72. The number of Topliss-reactive ketones (excluding diaryl/α,β-unsaturated/α-hetero) is 1. The van der Waals surface area contributed by atoms with Gasteiger partial charge >= 0.3 is 0 Å². The number of hydrogen-bond acceptors (Lipinski definition) is 2. The summed E-state index contributed by atoms with van der Waals surface area (Å²) < 4.78 is 0. The van der Waals surface area contributed by atoms with Crippen molar-refractivity contribution < 1.29 is 9.59 Å². The lowest BCUT2D eigenvalue weighted by atomic mass is 10.3. The molecule has 0 heterocycles. The average Bonchev–Trinajstić information content (AvgIpc) is 2.66. The molecule has 0 radical (unpaired) electrons. The highest BCUT2D eigenvalue weighted by Crippen LogP contribution is 2.28. The van der Waals surface area contributed by atoms with E-state index >= 15 is 0 Å². The van der Waals surface area contributed by atoms with Crippen molar-refractivity contribution in [1.82, 2.24) is 5.32 Å². The first-order chi connectivity index (χ1) is 5.20. The van der Waals surface area contributed by atoms with Gasteiger partial charge in [0.2, 0.25) is 5.91 Å². The third-order valence-electron chi connectivity index (χ3n) is 1.72. The van der Waals surface area contributed by atoms with E-state index in [-0.39, 0.29) is 17.6 Å². The molecule has 1 saturated carbocycles. The van der Waals surface area contributed by atoms with Crippen LogP contribution in [0.1, 0.15) is 26.2 Å². The molecule has 0 spiro atoms. The summed E-state index contributed by atoms with van der Waals surface area (Å²) in [6.07, 6.45) is 2.50. The van der Waals surface area contributed by atoms with Crippen molar-refractivity contribution in [3.8, 4) is 0 Å². The van der Waals surface area contributed by atoms with E-state index in [0.717, 1.165) is 12.8 Å². The molecular weight excluding hydrogens is 142 g/mol. The van der Waals surface area contributed by atoms with Gasteiger partial charge in [-0.1, -0.05) is 0 Å². The maximum atomic E-state index is 11.0. The van der Waals surface area contributed by atoms with Crippen LogP contribution in [0.15, 0.2) is 0 Å². The largest absolute Gasteiger partial charge is 0.355 e. The maximum absolute atomic E-state index is 11.0. The van der Waals surface area contributed by atoms with Crippen molar-refractivity contribution in [3.63, 3.8) is 0 Å². The fourth-order valence-electron chi connectivity index (χ4n) is 0.852. The van der Waals surface area contributed by atoms with Crippen LogP contribution < -0.4 is 5.32 Å². The van der Waals surface area contributed by atoms with Crippen LogP contribution in [-0.2, 0) is 9.59 Å². The normalized spacial score (nSPS) is 16.1. The minimum Gasteiger partial charge on any atom is -0.355 e. The minimum absolute atomic E-state index is 0.117. The van der Waals surface area contributed by atoms with Crippen molar-refractivity contribution >= 4 is 11.7 Å². The molecule has 0 aromatic rings. The van der Waals surface area contributed by atoms with Crippen molar-refractivity contribution in [3.05, 3.63) is 0 Å². The molecule has 0 bridgehead atoms. The Morgan fingerprint density at radius 2 is 2.09 bits per heavy atom. The zero-order valence-electron chi connectivity index (χ0n) is 6.72. The molecule has 0 aromatic heterocycles.